The average Bonchev–Trinajstić information content (AvgIpc) is 3.34. The van der Waals surface area contributed by atoms with Gasteiger partial charge in [-0.1, -0.05) is 37.3 Å². The monoisotopic (exact) mass is 286 g/mol. The van der Waals surface area contributed by atoms with Gasteiger partial charge >= 0.3 is 0 Å². The molecule has 1 aromatic rings. The van der Waals surface area contributed by atoms with Gasteiger partial charge in [-0.15, -0.1) is 0 Å². The van der Waals surface area contributed by atoms with Crippen LogP contribution >= 0.6 is 0 Å². The van der Waals surface area contributed by atoms with E-state index in [9.17, 15) is 0 Å². The number of nitrogens with zero attached hydrogens (tertiary/aromatic N) is 1. The zero-order chi connectivity index (χ0) is 14.7. The van der Waals surface area contributed by atoms with E-state index in [1.165, 1.54) is 57.3 Å². The van der Waals surface area contributed by atoms with Crippen molar-refractivity contribution in [1.82, 2.24) is 10.2 Å². The van der Waals surface area contributed by atoms with Crippen molar-refractivity contribution in [2.24, 2.45) is 5.92 Å². The Balaban J connectivity index is 1.53. The van der Waals surface area contributed by atoms with Gasteiger partial charge in [-0.3, -0.25) is 4.90 Å². The Labute approximate surface area is 129 Å². The van der Waals surface area contributed by atoms with Gasteiger partial charge in [0.1, 0.15) is 0 Å². The summed E-state index contributed by atoms with van der Waals surface area (Å²) in [7, 11) is 0. The smallest absolute Gasteiger partial charge is 0.0309 e. The number of rotatable bonds is 6. The summed E-state index contributed by atoms with van der Waals surface area (Å²) in [4.78, 5) is 2.76. The Morgan fingerprint density at radius 3 is 2.67 bits per heavy atom. The second-order valence-corrected chi connectivity index (χ2v) is 7.19. The molecule has 0 amide bonds. The normalized spacial score (nSPS) is 30.5. The van der Waals surface area contributed by atoms with Crippen molar-refractivity contribution in [3.8, 4) is 0 Å². The van der Waals surface area contributed by atoms with E-state index in [2.05, 4.69) is 54.4 Å². The van der Waals surface area contributed by atoms with Gasteiger partial charge in [0.15, 0.2) is 0 Å². The molecule has 2 nitrogen and oxygen atoms in total. The number of hydrogen-bond donors (Lipinski definition) is 1. The van der Waals surface area contributed by atoms with Crippen molar-refractivity contribution in [1.29, 1.82) is 0 Å². The second-order valence-electron chi connectivity index (χ2n) is 7.19. The highest BCUT2D eigenvalue weighted by atomic mass is 15.3. The highest BCUT2D eigenvalue weighted by Gasteiger charge is 2.45. The number of piperazine rings is 1. The summed E-state index contributed by atoms with van der Waals surface area (Å²) < 4.78 is 0. The first-order valence-corrected chi connectivity index (χ1v) is 8.74. The molecule has 0 bridgehead atoms. The van der Waals surface area contributed by atoms with Gasteiger partial charge in [0.2, 0.25) is 0 Å². The van der Waals surface area contributed by atoms with E-state index in [0.29, 0.717) is 5.54 Å². The van der Waals surface area contributed by atoms with E-state index in [1.54, 1.807) is 0 Å². The van der Waals surface area contributed by atoms with Crippen LogP contribution in [-0.4, -0.2) is 36.1 Å². The molecular formula is C19H30N2. The quantitative estimate of drug-likeness (QED) is 0.861. The van der Waals surface area contributed by atoms with E-state index in [4.69, 9.17) is 0 Å². The fourth-order valence-corrected chi connectivity index (χ4v) is 3.88. The molecule has 1 heterocycles. The Kier molecular flexibility index (Phi) is 4.66. The van der Waals surface area contributed by atoms with Gasteiger partial charge in [-0.05, 0) is 57.1 Å². The molecule has 0 aromatic heterocycles. The molecule has 3 rings (SSSR count). The van der Waals surface area contributed by atoms with Crippen LogP contribution < -0.4 is 5.32 Å². The van der Waals surface area contributed by atoms with Crippen molar-refractivity contribution in [3.63, 3.8) is 0 Å². The number of hydrogen-bond acceptors (Lipinski definition) is 2. The molecule has 1 aromatic carbocycles. The fourth-order valence-electron chi connectivity index (χ4n) is 3.88. The third-order valence-electron chi connectivity index (χ3n) is 5.49. The van der Waals surface area contributed by atoms with E-state index in [1.807, 2.05) is 0 Å². The van der Waals surface area contributed by atoms with E-state index < -0.39 is 0 Å². The molecule has 0 spiro atoms. The van der Waals surface area contributed by atoms with Crippen molar-refractivity contribution < 1.29 is 0 Å². The Bertz CT molecular complexity index is 440. The summed E-state index contributed by atoms with van der Waals surface area (Å²) in [5, 5.41) is 3.85. The fraction of sp³-hybridized carbons (Fsp3) is 0.684. The third-order valence-corrected chi connectivity index (χ3v) is 5.49. The Hall–Kier alpha value is -0.860. The van der Waals surface area contributed by atoms with Crippen molar-refractivity contribution in [2.75, 3.05) is 19.6 Å². The lowest BCUT2D eigenvalue weighted by atomic mass is 9.90. The van der Waals surface area contributed by atoms with Gasteiger partial charge in [-0.2, -0.15) is 0 Å². The van der Waals surface area contributed by atoms with Crippen LogP contribution in [0.1, 0.15) is 45.1 Å². The van der Waals surface area contributed by atoms with Crippen LogP contribution in [-0.2, 0) is 6.42 Å². The second kappa shape index (κ2) is 6.50. The zero-order valence-corrected chi connectivity index (χ0v) is 13.6. The van der Waals surface area contributed by atoms with Crippen LogP contribution in [0.25, 0.3) is 0 Å². The maximum Gasteiger partial charge on any atom is 0.0309 e. The molecule has 2 heteroatoms. The molecule has 2 unspecified atom stereocenters. The van der Waals surface area contributed by atoms with Crippen LogP contribution in [0.5, 0.6) is 0 Å². The van der Waals surface area contributed by atoms with Crippen LogP contribution in [0.2, 0.25) is 0 Å². The minimum Gasteiger partial charge on any atom is -0.308 e. The first-order chi connectivity index (χ1) is 10.2. The summed E-state index contributed by atoms with van der Waals surface area (Å²) in [5.41, 5.74) is 1.85. The van der Waals surface area contributed by atoms with Crippen LogP contribution in [0.15, 0.2) is 30.3 Å². The highest BCUT2D eigenvalue weighted by Crippen LogP contribution is 2.41. The van der Waals surface area contributed by atoms with Gasteiger partial charge in [0.05, 0.1) is 0 Å². The predicted octanol–water partition coefficient (Wildman–Crippen LogP) is 3.47. The molecule has 1 N–H and O–H groups in total. The van der Waals surface area contributed by atoms with Crippen LogP contribution in [0.4, 0.5) is 0 Å². The van der Waals surface area contributed by atoms with Gasteiger partial charge in [0, 0.05) is 24.7 Å². The molecule has 2 atom stereocenters. The summed E-state index contributed by atoms with van der Waals surface area (Å²) >= 11 is 0. The topological polar surface area (TPSA) is 15.3 Å². The molecule has 1 aliphatic heterocycles. The van der Waals surface area contributed by atoms with E-state index >= 15 is 0 Å². The lowest BCUT2D eigenvalue weighted by Crippen LogP contribution is -2.63. The number of aryl methyl sites for hydroxylation is 1. The lowest BCUT2D eigenvalue weighted by Gasteiger charge is -2.46. The predicted molar refractivity (Wildman–Crippen MR) is 89.5 cm³/mol. The molecule has 2 fully saturated rings. The van der Waals surface area contributed by atoms with Gasteiger partial charge in [-0.25, -0.2) is 0 Å². The maximum atomic E-state index is 3.85. The molecule has 1 saturated heterocycles. The van der Waals surface area contributed by atoms with Gasteiger partial charge in [0.25, 0.3) is 0 Å². The maximum absolute atomic E-state index is 3.85. The Morgan fingerprint density at radius 1 is 1.24 bits per heavy atom. The molecule has 1 saturated carbocycles. The SMILES string of the molecule is CCC1CNC(C)(C2CC2)CN1CCCc1ccccc1. The zero-order valence-electron chi connectivity index (χ0n) is 13.6. The number of benzene rings is 1. The summed E-state index contributed by atoms with van der Waals surface area (Å²) in [6, 6.07) is 11.6. The molecule has 0 radical (unpaired) electrons. The van der Waals surface area contributed by atoms with Crippen LogP contribution in [0.3, 0.4) is 0 Å². The minimum atomic E-state index is 0.373. The summed E-state index contributed by atoms with van der Waals surface area (Å²) in [6.07, 6.45) is 6.61. The molecular weight excluding hydrogens is 256 g/mol. The first-order valence-electron chi connectivity index (χ1n) is 8.74. The van der Waals surface area contributed by atoms with Crippen molar-refractivity contribution in [3.05, 3.63) is 35.9 Å². The molecule has 2 aliphatic rings. The summed E-state index contributed by atoms with van der Waals surface area (Å²) in [6.45, 7) is 8.44. The largest absolute Gasteiger partial charge is 0.308 e. The number of nitrogens with one attached hydrogen (secondary N) is 1. The highest BCUT2D eigenvalue weighted by molar-refractivity contribution is 5.14. The van der Waals surface area contributed by atoms with Crippen molar-refractivity contribution in [2.45, 2.75) is 57.5 Å². The van der Waals surface area contributed by atoms with Crippen LogP contribution in [0, 0.1) is 5.92 Å². The molecule has 21 heavy (non-hydrogen) atoms. The van der Waals surface area contributed by atoms with E-state index in [-0.39, 0.29) is 0 Å². The standard InChI is InChI=1S/C19H30N2/c1-3-18-14-20-19(2,17-11-12-17)15-21(18)13-7-10-16-8-5-4-6-9-16/h4-6,8-9,17-18,20H,3,7,10-15H2,1-2H3. The molecule has 1 aliphatic carbocycles. The average molecular weight is 286 g/mol. The lowest BCUT2D eigenvalue weighted by molar-refractivity contribution is 0.0720. The van der Waals surface area contributed by atoms with E-state index in [0.717, 1.165) is 12.0 Å². The Morgan fingerprint density at radius 2 is 2.00 bits per heavy atom. The van der Waals surface area contributed by atoms with Crippen molar-refractivity contribution >= 4 is 0 Å². The van der Waals surface area contributed by atoms with Gasteiger partial charge < -0.3 is 5.32 Å². The molecule has 116 valence electrons. The third kappa shape index (κ3) is 3.67. The summed E-state index contributed by atoms with van der Waals surface area (Å²) in [5.74, 6) is 0.923. The minimum absolute atomic E-state index is 0.373. The first kappa shape index (κ1) is 15.1.